The summed E-state index contributed by atoms with van der Waals surface area (Å²) in [6, 6.07) is 5.55. The smallest absolute Gasteiger partial charge is 0.272 e. The Kier molecular flexibility index (Phi) is 4.52. The zero-order valence-corrected chi connectivity index (χ0v) is 12.2. The molecular formula is C13H16N4O2S. The highest BCUT2D eigenvalue weighted by molar-refractivity contribution is 7.09. The fourth-order valence-corrected chi connectivity index (χ4v) is 2.23. The van der Waals surface area contributed by atoms with Gasteiger partial charge in [0.2, 0.25) is 5.91 Å². The molecule has 6 nitrogen and oxygen atoms in total. The van der Waals surface area contributed by atoms with Crippen LogP contribution >= 0.6 is 11.3 Å². The van der Waals surface area contributed by atoms with E-state index in [1.165, 1.54) is 0 Å². The molecule has 0 radical (unpaired) electrons. The second-order valence-corrected chi connectivity index (χ2v) is 5.37. The monoisotopic (exact) mass is 292 g/mol. The quantitative estimate of drug-likeness (QED) is 0.857. The van der Waals surface area contributed by atoms with Crippen LogP contribution in [0.2, 0.25) is 0 Å². The van der Waals surface area contributed by atoms with Gasteiger partial charge in [0.05, 0.1) is 13.1 Å². The summed E-state index contributed by atoms with van der Waals surface area (Å²) in [5, 5.41) is 11.3. The Bertz CT molecular complexity index is 584. The van der Waals surface area contributed by atoms with Crippen molar-refractivity contribution in [2.45, 2.75) is 13.5 Å². The van der Waals surface area contributed by atoms with Gasteiger partial charge in [0, 0.05) is 17.6 Å². The van der Waals surface area contributed by atoms with Crippen molar-refractivity contribution in [3.63, 3.8) is 0 Å². The summed E-state index contributed by atoms with van der Waals surface area (Å²) in [5.74, 6) is -0.570. The van der Waals surface area contributed by atoms with Gasteiger partial charge in [0.25, 0.3) is 5.91 Å². The SMILES string of the molecule is Cc1cc(C(=O)NCC(=O)NCc2cccs2)nn1C. The Hall–Kier alpha value is -2.15. The lowest BCUT2D eigenvalue weighted by Gasteiger charge is -2.04. The number of nitrogens with zero attached hydrogens (tertiary/aromatic N) is 2. The molecule has 0 atom stereocenters. The summed E-state index contributed by atoms with van der Waals surface area (Å²) < 4.78 is 1.62. The summed E-state index contributed by atoms with van der Waals surface area (Å²) in [6.45, 7) is 2.28. The molecule has 2 amide bonds. The van der Waals surface area contributed by atoms with E-state index < -0.39 is 0 Å². The first-order valence-electron chi connectivity index (χ1n) is 6.14. The fraction of sp³-hybridized carbons (Fsp3) is 0.308. The van der Waals surface area contributed by atoms with Crippen LogP contribution in [-0.4, -0.2) is 28.1 Å². The number of aromatic nitrogens is 2. The topological polar surface area (TPSA) is 76.0 Å². The van der Waals surface area contributed by atoms with Gasteiger partial charge in [-0.2, -0.15) is 5.10 Å². The lowest BCUT2D eigenvalue weighted by molar-refractivity contribution is -0.120. The minimum atomic E-state index is -0.347. The average Bonchev–Trinajstić information content (AvgIpc) is 3.04. The lowest BCUT2D eigenvalue weighted by atomic mass is 10.3. The number of carbonyl (C=O) groups is 2. The van der Waals surface area contributed by atoms with E-state index in [-0.39, 0.29) is 18.4 Å². The van der Waals surface area contributed by atoms with Gasteiger partial charge in [-0.25, -0.2) is 0 Å². The number of hydrogen-bond acceptors (Lipinski definition) is 4. The molecule has 2 N–H and O–H groups in total. The Morgan fingerprint density at radius 3 is 2.80 bits per heavy atom. The second kappa shape index (κ2) is 6.33. The molecule has 20 heavy (non-hydrogen) atoms. The fourth-order valence-electron chi connectivity index (χ4n) is 1.58. The van der Waals surface area contributed by atoms with Gasteiger partial charge in [-0.15, -0.1) is 11.3 Å². The van der Waals surface area contributed by atoms with E-state index in [2.05, 4.69) is 15.7 Å². The zero-order valence-electron chi connectivity index (χ0n) is 11.3. The molecule has 0 fully saturated rings. The van der Waals surface area contributed by atoms with Crippen LogP contribution < -0.4 is 10.6 Å². The minimum absolute atomic E-state index is 0.0557. The molecule has 0 aliphatic rings. The van der Waals surface area contributed by atoms with Crippen LogP contribution in [-0.2, 0) is 18.4 Å². The molecule has 2 heterocycles. The number of carbonyl (C=O) groups excluding carboxylic acids is 2. The van der Waals surface area contributed by atoms with Gasteiger partial charge < -0.3 is 10.6 Å². The van der Waals surface area contributed by atoms with Crippen molar-refractivity contribution in [2.75, 3.05) is 6.54 Å². The van der Waals surface area contributed by atoms with Crippen LogP contribution in [0.4, 0.5) is 0 Å². The predicted molar refractivity (Wildman–Crippen MR) is 76.4 cm³/mol. The molecule has 0 saturated carbocycles. The van der Waals surface area contributed by atoms with Gasteiger partial charge in [-0.05, 0) is 24.4 Å². The molecule has 2 aromatic heterocycles. The summed E-state index contributed by atoms with van der Waals surface area (Å²) in [7, 11) is 1.76. The van der Waals surface area contributed by atoms with E-state index >= 15 is 0 Å². The first-order chi connectivity index (χ1) is 9.56. The summed E-state index contributed by atoms with van der Waals surface area (Å²) in [4.78, 5) is 24.5. The third kappa shape index (κ3) is 3.67. The van der Waals surface area contributed by atoms with E-state index in [9.17, 15) is 9.59 Å². The highest BCUT2D eigenvalue weighted by Gasteiger charge is 2.12. The van der Waals surface area contributed by atoms with Crippen LogP contribution in [0.5, 0.6) is 0 Å². The first kappa shape index (κ1) is 14.3. The van der Waals surface area contributed by atoms with Crippen LogP contribution in [0, 0.1) is 6.92 Å². The van der Waals surface area contributed by atoms with Crippen LogP contribution in [0.15, 0.2) is 23.6 Å². The van der Waals surface area contributed by atoms with E-state index in [0.29, 0.717) is 12.2 Å². The van der Waals surface area contributed by atoms with Crippen LogP contribution in [0.3, 0.4) is 0 Å². The van der Waals surface area contributed by atoms with Crippen LogP contribution in [0.1, 0.15) is 21.1 Å². The molecular weight excluding hydrogens is 276 g/mol. The number of aryl methyl sites for hydroxylation is 2. The van der Waals surface area contributed by atoms with Crippen molar-refractivity contribution in [1.29, 1.82) is 0 Å². The number of rotatable bonds is 5. The van der Waals surface area contributed by atoms with E-state index in [0.717, 1.165) is 10.6 Å². The zero-order chi connectivity index (χ0) is 14.5. The van der Waals surface area contributed by atoms with E-state index in [1.807, 2.05) is 24.4 Å². The molecule has 0 unspecified atom stereocenters. The standard InChI is InChI=1S/C13H16N4O2S/c1-9-6-11(16-17(9)2)13(19)15-8-12(18)14-7-10-4-3-5-20-10/h3-6H,7-8H2,1-2H3,(H,14,18)(H,15,19). The molecule has 2 aromatic rings. The van der Waals surface area contributed by atoms with Crippen molar-refractivity contribution in [1.82, 2.24) is 20.4 Å². The number of hydrogen-bond donors (Lipinski definition) is 2. The molecule has 106 valence electrons. The Morgan fingerprint density at radius 2 is 2.20 bits per heavy atom. The van der Waals surface area contributed by atoms with Crippen molar-refractivity contribution < 1.29 is 9.59 Å². The molecule has 0 bridgehead atoms. The largest absolute Gasteiger partial charge is 0.350 e. The molecule has 7 heteroatoms. The third-order valence-corrected chi connectivity index (χ3v) is 3.67. The van der Waals surface area contributed by atoms with Crippen LogP contribution in [0.25, 0.3) is 0 Å². The van der Waals surface area contributed by atoms with Gasteiger partial charge in [-0.1, -0.05) is 6.07 Å². The predicted octanol–water partition coefficient (Wildman–Crippen LogP) is 0.836. The van der Waals surface area contributed by atoms with Crippen molar-refractivity contribution in [3.8, 4) is 0 Å². The van der Waals surface area contributed by atoms with Gasteiger partial charge in [0.1, 0.15) is 5.69 Å². The van der Waals surface area contributed by atoms with Crippen molar-refractivity contribution in [3.05, 3.63) is 39.8 Å². The summed E-state index contributed by atoms with van der Waals surface area (Å²) in [6.07, 6.45) is 0. The molecule has 0 spiro atoms. The Morgan fingerprint density at radius 1 is 1.40 bits per heavy atom. The molecule has 2 rings (SSSR count). The number of nitrogens with one attached hydrogen (secondary N) is 2. The van der Waals surface area contributed by atoms with Crippen molar-refractivity contribution >= 4 is 23.2 Å². The minimum Gasteiger partial charge on any atom is -0.350 e. The normalized spacial score (nSPS) is 10.3. The Labute approximate surface area is 120 Å². The average molecular weight is 292 g/mol. The maximum atomic E-state index is 11.8. The third-order valence-electron chi connectivity index (χ3n) is 2.80. The molecule has 0 saturated heterocycles. The van der Waals surface area contributed by atoms with E-state index in [1.54, 1.807) is 29.1 Å². The number of amides is 2. The molecule has 0 aliphatic carbocycles. The first-order valence-corrected chi connectivity index (χ1v) is 7.02. The summed E-state index contributed by atoms with van der Waals surface area (Å²) >= 11 is 1.58. The maximum Gasteiger partial charge on any atom is 0.272 e. The van der Waals surface area contributed by atoms with E-state index in [4.69, 9.17) is 0 Å². The summed E-state index contributed by atoms with van der Waals surface area (Å²) in [5.41, 5.74) is 1.20. The lowest BCUT2D eigenvalue weighted by Crippen LogP contribution is -2.36. The maximum absolute atomic E-state index is 11.8. The molecule has 0 aliphatic heterocycles. The Balaban J connectivity index is 1.76. The molecule has 0 aromatic carbocycles. The highest BCUT2D eigenvalue weighted by Crippen LogP contribution is 2.07. The number of thiophene rings is 1. The van der Waals surface area contributed by atoms with Gasteiger partial charge in [-0.3, -0.25) is 14.3 Å². The van der Waals surface area contributed by atoms with Crippen molar-refractivity contribution in [2.24, 2.45) is 7.05 Å². The highest BCUT2D eigenvalue weighted by atomic mass is 32.1. The van der Waals surface area contributed by atoms with Gasteiger partial charge >= 0.3 is 0 Å². The second-order valence-electron chi connectivity index (χ2n) is 4.33. The van der Waals surface area contributed by atoms with Gasteiger partial charge in [0.15, 0.2) is 0 Å².